The summed E-state index contributed by atoms with van der Waals surface area (Å²) in [6.07, 6.45) is 4.38. The van der Waals surface area contributed by atoms with Gasteiger partial charge in [-0.15, -0.1) is 0 Å². The van der Waals surface area contributed by atoms with Crippen molar-refractivity contribution in [3.05, 3.63) is 47.2 Å². The number of nitrogens with zero attached hydrogens (tertiary/aromatic N) is 1. The Morgan fingerprint density at radius 1 is 1.50 bits per heavy atom. The van der Waals surface area contributed by atoms with Gasteiger partial charge in [0.1, 0.15) is 11.6 Å². The van der Waals surface area contributed by atoms with Crippen LogP contribution in [0.2, 0.25) is 0 Å². The maximum atomic E-state index is 12.5. The molecule has 1 atom stereocenters. The van der Waals surface area contributed by atoms with Crippen molar-refractivity contribution in [2.45, 2.75) is 32.6 Å². The van der Waals surface area contributed by atoms with Crippen LogP contribution in [0.15, 0.2) is 50.8 Å². The van der Waals surface area contributed by atoms with Crippen LogP contribution in [0.3, 0.4) is 0 Å². The fourth-order valence-corrected chi connectivity index (χ4v) is 2.54. The van der Waals surface area contributed by atoms with Gasteiger partial charge in [0.05, 0.1) is 30.1 Å². The average molecular weight is 303 g/mol. The van der Waals surface area contributed by atoms with Crippen molar-refractivity contribution in [2.75, 3.05) is 6.61 Å². The zero-order valence-electron chi connectivity index (χ0n) is 12.8. The van der Waals surface area contributed by atoms with Crippen molar-refractivity contribution in [3.63, 3.8) is 0 Å². The highest BCUT2D eigenvalue weighted by Gasteiger charge is 2.36. The first-order chi connectivity index (χ1) is 10.6. The van der Waals surface area contributed by atoms with Gasteiger partial charge >= 0.3 is 5.97 Å². The number of amidine groups is 1. The number of ether oxygens (including phenoxy) is 1. The van der Waals surface area contributed by atoms with E-state index in [1.807, 2.05) is 6.92 Å². The van der Waals surface area contributed by atoms with Crippen LogP contribution in [-0.2, 0) is 9.53 Å². The lowest BCUT2D eigenvalue weighted by Crippen LogP contribution is -2.30. The molecule has 118 valence electrons. The van der Waals surface area contributed by atoms with E-state index < -0.39 is 11.9 Å². The van der Waals surface area contributed by atoms with Crippen LogP contribution in [0, 0.1) is 0 Å². The lowest BCUT2D eigenvalue weighted by Gasteiger charge is -2.26. The van der Waals surface area contributed by atoms with Crippen molar-refractivity contribution in [3.8, 4) is 0 Å². The summed E-state index contributed by atoms with van der Waals surface area (Å²) in [6.45, 7) is 4.06. The van der Waals surface area contributed by atoms with Gasteiger partial charge in [-0.25, -0.2) is 9.79 Å². The molecule has 0 radical (unpaired) electrons. The van der Waals surface area contributed by atoms with E-state index >= 15 is 0 Å². The minimum atomic E-state index is -0.488. The fraction of sp³-hybridized carbons (Fsp3) is 0.375. The van der Waals surface area contributed by atoms with E-state index in [4.69, 9.17) is 20.6 Å². The van der Waals surface area contributed by atoms with Gasteiger partial charge < -0.3 is 20.6 Å². The largest absolute Gasteiger partial charge is 0.468 e. The van der Waals surface area contributed by atoms with Gasteiger partial charge in [-0.1, -0.05) is 13.3 Å². The van der Waals surface area contributed by atoms with Gasteiger partial charge in [-0.05, 0) is 25.5 Å². The molecule has 0 bridgehead atoms. The molecule has 6 nitrogen and oxygen atoms in total. The molecule has 1 aliphatic heterocycles. The van der Waals surface area contributed by atoms with Crippen LogP contribution in [0.5, 0.6) is 0 Å². The maximum absolute atomic E-state index is 12.5. The van der Waals surface area contributed by atoms with E-state index in [2.05, 4.69) is 4.99 Å². The molecule has 22 heavy (non-hydrogen) atoms. The topological polar surface area (TPSA) is 104 Å². The number of allylic oxidation sites excluding steroid dienone is 1. The van der Waals surface area contributed by atoms with Crippen molar-refractivity contribution in [1.82, 2.24) is 0 Å². The van der Waals surface area contributed by atoms with Crippen LogP contribution >= 0.6 is 0 Å². The zero-order chi connectivity index (χ0) is 16.1. The summed E-state index contributed by atoms with van der Waals surface area (Å²) >= 11 is 0. The summed E-state index contributed by atoms with van der Waals surface area (Å²) in [4.78, 5) is 16.8. The fourth-order valence-electron chi connectivity index (χ4n) is 2.54. The number of hydrogen-bond donors (Lipinski definition) is 2. The molecule has 2 heterocycles. The van der Waals surface area contributed by atoms with Crippen LogP contribution in [0.25, 0.3) is 0 Å². The van der Waals surface area contributed by atoms with E-state index in [0.29, 0.717) is 34.9 Å². The highest BCUT2D eigenvalue weighted by molar-refractivity contribution is 6.05. The highest BCUT2D eigenvalue weighted by atomic mass is 16.5. The van der Waals surface area contributed by atoms with E-state index in [1.54, 1.807) is 25.3 Å². The second kappa shape index (κ2) is 6.98. The van der Waals surface area contributed by atoms with Crippen molar-refractivity contribution >= 4 is 11.8 Å². The van der Waals surface area contributed by atoms with Crippen molar-refractivity contribution in [2.24, 2.45) is 16.5 Å². The molecule has 1 aromatic heterocycles. The first-order valence-corrected chi connectivity index (χ1v) is 7.33. The second-order valence-electron chi connectivity index (χ2n) is 4.90. The SMILES string of the molecule is CCCC1=C(C(=O)OCC)C(c2ccco2)/C(=C/N)C(N)=N1. The Kier molecular flexibility index (Phi) is 5.04. The number of nitrogens with two attached hydrogens (primary N) is 2. The summed E-state index contributed by atoms with van der Waals surface area (Å²) in [7, 11) is 0. The molecule has 2 rings (SSSR count). The smallest absolute Gasteiger partial charge is 0.336 e. The molecule has 1 aliphatic rings. The Balaban J connectivity index is 2.62. The molecule has 1 aromatic rings. The monoisotopic (exact) mass is 303 g/mol. The summed E-state index contributed by atoms with van der Waals surface area (Å²) in [6, 6.07) is 3.54. The van der Waals surface area contributed by atoms with Crippen LogP contribution in [-0.4, -0.2) is 18.4 Å². The molecule has 0 aliphatic carbocycles. The minimum absolute atomic E-state index is 0.285. The summed E-state index contributed by atoms with van der Waals surface area (Å²) in [5, 5.41) is 0. The molecular formula is C16H21N3O3. The molecule has 0 aromatic carbocycles. The van der Waals surface area contributed by atoms with E-state index in [1.165, 1.54) is 6.20 Å². The second-order valence-corrected chi connectivity index (χ2v) is 4.90. The Bertz CT molecular complexity index is 627. The van der Waals surface area contributed by atoms with Gasteiger partial charge in [0.2, 0.25) is 0 Å². The van der Waals surface area contributed by atoms with Gasteiger partial charge in [-0.3, -0.25) is 0 Å². The molecular weight excluding hydrogens is 282 g/mol. The predicted molar refractivity (Wildman–Crippen MR) is 83.9 cm³/mol. The Morgan fingerprint density at radius 2 is 2.27 bits per heavy atom. The quantitative estimate of drug-likeness (QED) is 0.811. The van der Waals surface area contributed by atoms with Gasteiger partial charge in [-0.2, -0.15) is 0 Å². The first kappa shape index (κ1) is 15.9. The number of furan rings is 1. The Morgan fingerprint density at radius 3 is 2.82 bits per heavy atom. The average Bonchev–Trinajstić information content (AvgIpc) is 3.01. The third kappa shape index (κ3) is 2.90. The molecule has 6 heteroatoms. The molecule has 1 unspecified atom stereocenters. The zero-order valence-corrected chi connectivity index (χ0v) is 12.8. The van der Waals surface area contributed by atoms with Crippen LogP contribution < -0.4 is 11.5 Å². The molecule has 0 saturated carbocycles. The lowest BCUT2D eigenvalue weighted by molar-refractivity contribution is -0.138. The molecule has 0 fully saturated rings. The molecule has 4 N–H and O–H groups in total. The standard InChI is InChI=1S/C16H21N3O3/c1-3-6-11-14(16(20)21-4-2)13(12-7-5-8-22-12)10(9-17)15(18)19-11/h5,7-9,13H,3-4,6,17H2,1-2H3,(H2,18,19)/b10-9-. The number of aliphatic imine (C=N–C) groups is 1. The minimum Gasteiger partial charge on any atom is -0.468 e. The summed E-state index contributed by atoms with van der Waals surface area (Å²) in [5.74, 6) is -0.00680. The molecule has 0 spiro atoms. The number of esters is 1. The molecule has 0 amide bonds. The number of carbonyl (C=O) groups is 1. The van der Waals surface area contributed by atoms with E-state index in [0.717, 1.165) is 6.42 Å². The third-order valence-corrected chi connectivity index (χ3v) is 3.45. The number of hydrogen-bond acceptors (Lipinski definition) is 6. The van der Waals surface area contributed by atoms with Gasteiger partial charge in [0.25, 0.3) is 0 Å². The normalized spacial score (nSPS) is 20.2. The highest BCUT2D eigenvalue weighted by Crippen LogP contribution is 2.39. The third-order valence-electron chi connectivity index (χ3n) is 3.45. The number of carbonyl (C=O) groups excluding carboxylic acids is 1. The number of rotatable bonds is 5. The van der Waals surface area contributed by atoms with E-state index in [-0.39, 0.29) is 6.61 Å². The van der Waals surface area contributed by atoms with Crippen molar-refractivity contribution < 1.29 is 13.9 Å². The maximum Gasteiger partial charge on any atom is 0.336 e. The summed E-state index contributed by atoms with van der Waals surface area (Å²) in [5.41, 5.74) is 13.4. The van der Waals surface area contributed by atoms with Crippen LogP contribution in [0.1, 0.15) is 38.4 Å². The summed E-state index contributed by atoms with van der Waals surface area (Å²) < 4.78 is 10.7. The van der Waals surface area contributed by atoms with Gasteiger partial charge in [0, 0.05) is 11.8 Å². The van der Waals surface area contributed by atoms with Gasteiger partial charge in [0.15, 0.2) is 0 Å². The predicted octanol–water partition coefficient (Wildman–Crippen LogP) is 2.19. The van der Waals surface area contributed by atoms with E-state index in [9.17, 15) is 4.79 Å². The molecule has 0 saturated heterocycles. The van der Waals surface area contributed by atoms with Crippen LogP contribution in [0.4, 0.5) is 0 Å². The lowest BCUT2D eigenvalue weighted by atomic mass is 9.84. The Labute approximate surface area is 129 Å². The van der Waals surface area contributed by atoms with Crippen molar-refractivity contribution in [1.29, 1.82) is 0 Å². The Hall–Kier alpha value is -2.50. The first-order valence-electron chi connectivity index (χ1n) is 7.33.